The van der Waals surface area contributed by atoms with Crippen LogP contribution < -0.4 is 5.32 Å². The van der Waals surface area contributed by atoms with E-state index in [1.54, 1.807) is 17.0 Å². The summed E-state index contributed by atoms with van der Waals surface area (Å²) in [6, 6.07) is 3.90. The summed E-state index contributed by atoms with van der Waals surface area (Å²) in [7, 11) is 0. The van der Waals surface area contributed by atoms with Crippen LogP contribution >= 0.6 is 0 Å². The molecule has 1 aromatic heterocycles. The van der Waals surface area contributed by atoms with Crippen molar-refractivity contribution in [3.63, 3.8) is 0 Å². The number of nitrogens with zero attached hydrogens (tertiary/aromatic N) is 2. The number of esters is 1. The summed E-state index contributed by atoms with van der Waals surface area (Å²) in [5.74, 6) is -0.0298. The molecular weight excluding hydrogens is 294 g/mol. The van der Waals surface area contributed by atoms with Gasteiger partial charge in [0, 0.05) is 25.3 Å². The molecule has 0 unspecified atom stereocenters. The van der Waals surface area contributed by atoms with E-state index in [0.29, 0.717) is 24.7 Å². The van der Waals surface area contributed by atoms with Gasteiger partial charge in [0.1, 0.15) is 5.82 Å². The lowest BCUT2D eigenvalue weighted by atomic mass is 10.3. The molecule has 2 rings (SSSR count). The smallest absolute Gasteiger partial charge is 0.340 e. The van der Waals surface area contributed by atoms with Crippen molar-refractivity contribution in [3.05, 3.63) is 36.0 Å². The fourth-order valence-electron chi connectivity index (χ4n) is 2.04. The third-order valence-electron chi connectivity index (χ3n) is 3.45. The van der Waals surface area contributed by atoms with Crippen LogP contribution in [0, 0.1) is 0 Å². The summed E-state index contributed by atoms with van der Waals surface area (Å²) in [5.41, 5.74) is 1.22. The third-order valence-corrected chi connectivity index (χ3v) is 3.45. The third kappa shape index (κ3) is 5.39. The summed E-state index contributed by atoms with van der Waals surface area (Å²) in [6.07, 6.45) is 3.78. The topological polar surface area (TPSA) is 71.5 Å². The maximum atomic E-state index is 12.0. The van der Waals surface area contributed by atoms with E-state index in [1.807, 2.05) is 13.8 Å². The van der Waals surface area contributed by atoms with E-state index in [2.05, 4.69) is 16.9 Å². The number of ether oxygens (including phenoxy) is 1. The van der Waals surface area contributed by atoms with E-state index < -0.39 is 5.97 Å². The van der Waals surface area contributed by atoms with Gasteiger partial charge in [-0.2, -0.15) is 0 Å². The van der Waals surface area contributed by atoms with Gasteiger partial charge in [-0.15, -0.1) is 0 Å². The predicted molar refractivity (Wildman–Crippen MR) is 88.2 cm³/mol. The summed E-state index contributed by atoms with van der Waals surface area (Å²) in [5, 5.41) is 3.24. The minimum Gasteiger partial charge on any atom is -0.452 e. The zero-order valence-corrected chi connectivity index (χ0v) is 13.7. The van der Waals surface area contributed by atoms with Crippen molar-refractivity contribution >= 4 is 17.7 Å². The molecule has 1 fully saturated rings. The highest BCUT2D eigenvalue weighted by atomic mass is 16.5. The van der Waals surface area contributed by atoms with Crippen molar-refractivity contribution < 1.29 is 14.3 Å². The minimum absolute atomic E-state index is 0.233. The Labute approximate surface area is 136 Å². The second-order valence-corrected chi connectivity index (χ2v) is 5.79. The van der Waals surface area contributed by atoms with E-state index in [0.717, 1.165) is 24.2 Å². The number of aromatic nitrogens is 1. The fraction of sp³-hybridized carbons (Fsp3) is 0.471. The first kappa shape index (κ1) is 17.0. The lowest BCUT2D eigenvalue weighted by Gasteiger charge is -2.20. The van der Waals surface area contributed by atoms with Crippen molar-refractivity contribution in [2.75, 3.05) is 25.0 Å². The molecule has 1 heterocycles. The van der Waals surface area contributed by atoms with E-state index >= 15 is 0 Å². The number of carbonyl (C=O) groups excluding carboxylic acids is 2. The Bertz CT molecular complexity index is 579. The molecule has 1 aliphatic rings. The van der Waals surface area contributed by atoms with E-state index in [9.17, 15) is 9.59 Å². The highest BCUT2D eigenvalue weighted by Crippen LogP contribution is 2.23. The standard InChI is InChI=1S/C17H23N3O3/c1-4-20(10-12(2)3)16(21)11-23-17(22)13-5-8-15(18-9-13)19-14-6-7-14/h5,8-9,14H,2,4,6-7,10-11H2,1,3H3,(H,18,19). The number of hydrogen-bond donors (Lipinski definition) is 1. The average molecular weight is 317 g/mol. The van der Waals surface area contributed by atoms with Gasteiger partial charge in [-0.05, 0) is 38.8 Å². The number of rotatable bonds is 8. The van der Waals surface area contributed by atoms with Gasteiger partial charge >= 0.3 is 5.97 Å². The second kappa shape index (κ2) is 7.76. The molecule has 6 heteroatoms. The zero-order chi connectivity index (χ0) is 16.8. The average Bonchev–Trinajstić information content (AvgIpc) is 3.34. The van der Waals surface area contributed by atoms with E-state index in [-0.39, 0.29) is 12.5 Å². The van der Waals surface area contributed by atoms with Gasteiger partial charge < -0.3 is 15.0 Å². The van der Waals surface area contributed by atoms with Crippen LogP contribution in [0.15, 0.2) is 30.5 Å². The molecule has 0 atom stereocenters. The molecule has 1 amide bonds. The Kier molecular flexibility index (Phi) is 5.73. The number of anilines is 1. The maximum absolute atomic E-state index is 12.0. The molecule has 0 aromatic carbocycles. The van der Waals surface area contributed by atoms with Crippen molar-refractivity contribution in [2.45, 2.75) is 32.7 Å². The molecule has 0 saturated heterocycles. The Morgan fingerprint density at radius 1 is 1.43 bits per heavy atom. The van der Waals surface area contributed by atoms with Crippen LogP contribution in [0.2, 0.25) is 0 Å². The largest absolute Gasteiger partial charge is 0.452 e. The van der Waals surface area contributed by atoms with Crippen LogP contribution in [0.4, 0.5) is 5.82 Å². The van der Waals surface area contributed by atoms with Gasteiger partial charge in [0.25, 0.3) is 5.91 Å². The molecule has 1 aromatic rings. The van der Waals surface area contributed by atoms with Gasteiger partial charge in [-0.1, -0.05) is 12.2 Å². The van der Waals surface area contributed by atoms with Crippen LogP contribution in [0.3, 0.4) is 0 Å². The van der Waals surface area contributed by atoms with Crippen LogP contribution in [-0.2, 0) is 9.53 Å². The highest BCUT2D eigenvalue weighted by Gasteiger charge is 2.21. The SMILES string of the molecule is C=C(C)CN(CC)C(=O)COC(=O)c1ccc(NC2CC2)nc1. The number of carbonyl (C=O) groups is 2. The molecular formula is C17H23N3O3. The number of amides is 1. The molecule has 1 saturated carbocycles. The first-order valence-electron chi connectivity index (χ1n) is 7.81. The van der Waals surface area contributed by atoms with Crippen LogP contribution in [0.1, 0.15) is 37.0 Å². The minimum atomic E-state index is -0.546. The Hall–Kier alpha value is -2.37. The normalized spacial score (nSPS) is 13.3. The molecule has 0 spiro atoms. The van der Waals surface area contributed by atoms with Crippen molar-refractivity contribution in [3.8, 4) is 0 Å². The van der Waals surface area contributed by atoms with Gasteiger partial charge in [0.15, 0.2) is 6.61 Å². The van der Waals surface area contributed by atoms with Crippen molar-refractivity contribution in [2.24, 2.45) is 0 Å². The summed E-state index contributed by atoms with van der Waals surface area (Å²) >= 11 is 0. The predicted octanol–water partition coefficient (Wildman–Crippen LogP) is 2.24. The summed E-state index contributed by atoms with van der Waals surface area (Å²) in [6.45, 7) is 8.25. The Morgan fingerprint density at radius 3 is 2.70 bits per heavy atom. The zero-order valence-electron chi connectivity index (χ0n) is 13.7. The van der Waals surface area contributed by atoms with Crippen LogP contribution in [0.25, 0.3) is 0 Å². The number of hydrogen-bond acceptors (Lipinski definition) is 5. The quantitative estimate of drug-likeness (QED) is 0.588. The van der Waals surface area contributed by atoms with E-state index in [1.165, 1.54) is 6.20 Å². The summed E-state index contributed by atoms with van der Waals surface area (Å²) in [4.78, 5) is 29.7. The molecule has 23 heavy (non-hydrogen) atoms. The van der Waals surface area contributed by atoms with Crippen molar-refractivity contribution in [1.82, 2.24) is 9.88 Å². The molecule has 6 nitrogen and oxygen atoms in total. The van der Waals surface area contributed by atoms with Gasteiger partial charge in [-0.3, -0.25) is 4.79 Å². The fourth-order valence-corrected chi connectivity index (χ4v) is 2.04. The van der Waals surface area contributed by atoms with Crippen LogP contribution in [-0.4, -0.2) is 47.5 Å². The Morgan fingerprint density at radius 2 is 2.17 bits per heavy atom. The van der Waals surface area contributed by atoms with Gasteiger partial charge in [0.2, 0.25) is 0 Å². The Balaban J connectivity index is 1.83. The lowest BCUT2D eigenvalue weighted by molar-refractivity contribution is -0.133. The molecule has 0 radical (unpaired) electrons. The number of nitrogens with one attached hydrogen (secondary N) is 1. The van der Waals surface area contributed by atoms with Gasteiger partial charge in [-0.25, -0.2) is 9.78 Å². The number of pyridine rings is 1. The van der Waals surface area contributed by atoms with Crippen molar-refractivity contribution in [1.29, 1.82) is 0 Å². The second-order valence-electron chi connectivity index (χ2n) is 5.79. The van der Waals surface area contributed by atoms with Gasteiger partial charge in [0.05, 0.1) is 5.56 Å². The molecule has 0 aliphatic heterocycles. The monoisotopic (exact) mass is 317 g/mol. The highest BCUT2D eigenvalue weighted by molar-refractivity contribution is 5.91. The first-order chi connectivity index (χ1) is 11.0. The first-order valence-corrected chi connectivity index (χ1v) is 7.81. The molecule has 0 bridgehead atoms. The number of likely N-dealkylation sites (N-methyl/N-ethyl adjacent to an activating group) is 1. The summed E-state index contributed by atoms with van der Waals surface area (Å²) < 4.78 is 5.07. The molecule has 1 N–H and O–H groups in total. The molecule has 1 aliphatic carbocycles. The lowest BCUT2D eigenvalue weighted by Crippen LogP contribution is -2.35. The maximum Gasteiger partial charge on any atom is 0.340 e. The van der Waals surface area contributed by atoms with E-state index in [4.69, 9.17) is 4.74 Å². The molecule has 124 valence electrons. The van der Waals surface area contributed by atoms with Crippen LogP contribution in [0.5, 0.6) is 0 Å².